The van der Waals surface area contributed by atoms with Gasteiger partial charge in [0.1, 0.15) is 0 Å². The molecule has 10 heavy (non-hydrogen) atoms. The van der Waals surface area contributed by atoms with Crippen molar-refractivity contribution >= 4 is 7.85 Å². The highest BCUT2D eigenvalue weighted by atomic mass is 14.0. The monoisotopic (exact) mass is 136 g/mol. The Balaban J connectivity index is 3.41. The highest BCUT2D eigenvalue weighted by Crippen LogP contribution is 2.12. The Labute approximate surface area is 66.1 Å². The molecule has 0 aliphatic carbocycles. The van der Waals surface area contributed by atoms with E-state index in [1.165, 1.54) is 24.8 Å². The zero-order valence-electron chi connectivity index (χ0n) is 7.19. The summed E-state index contributed by atoms with van der Waals surface area (Å²) in [6, 6.07) is 0. The fraction of sp³-hybridized carbons (Fsp3) is 0.778. The third-order valence-electron chi connectivity index (χ3n) is 1.73. The van der Waals surface area contributed by atoms with Crippen LogP contribution < -0.4 is 0 Å². The van der Waals surface area contributed by atoms with Crippen molar-refractivity contribution < 1.29 is 0 Å². The van der Waals surface area contributed by atoms with E-state index >= 15 is 0 Å². The predicted molar refractivity (Wildman–Crippen MR) is 48.5 cm³/mol. The minimum atomic E-state index is 0.795. The Morgan fingerprint density at radius 3 is 2.50 bits per heavy atom. The maximum atomic E-state index is 5.44. The third kappa shape index (κ3) is 4.66. The topological polar surface area (TPSA) is 0 Å². The first-order chi connectivity index (χ1) is 4.85. The van der Waals surface area contributed by atoms with Crippen molar-refractivity contribution in [1.29, 1.82) is 0 Å². The largest absolute Gasteiger partial charge is 0.0885 e. The Morgan fingerprint density at radius 2 is 2.10 bits per heavy atom. The molecule has 0 saturated carbocycles. The summed E-state index contributed by atoms with van der Waals surface area (Å²) in [6.45, 7) is 4.32. The van der Waals surface area contributed by atoms with E-state index < -0.39 is 0 Å². The molecule has 0 aromatic heterocycles. The predicted octanol–water partition coefficient (Wildman–Crippen LogP) is 3.10. The Kier molecular flexibility index (Phi) is 6.78. The quantitative estimate of drug-likeness (QED) is 0.402. The molecule has 0 aliphatic heterocycles. The summed E-state index contributed by atoms with van der Waals surface area (Å²) in [6.07, 6.45) is 7.90. The number of unbranched alkanes of at least 4 members (excludes halogenated alkanes) is 1. The smallest absolute Gasteiger partial charge is 0.0657 e. The lowest BCUT2D eigenvalue weighted by molar-refractivity contribution is 0.765. The van der Waals surface area contributed by atoms with Gasteiger partial charge in [0, 0.05) is 0 Å². The molecule has 0 atom stereocenters. The lowest BCUT2D eigenvalue weighted by Gasteiger charge is -2.02. The molecule has 56 valence electrons. The Bertz CT molecular complexity index is 94.9. The van der Waals surface area contributed by atoms with Crippen LogP contribution in [0.4, 0.5) is 0 Å². The Morgan fingerprint density at radius 1 is 1.40 bits per heavy atom. The van der Waals surface area contributed by atoms with Gasteiger partial charge in [-0.15, -0.1) is 0 Å². The summed E-state index contributed by atoms with van der Waals surface area (Å²) in [5, 5.41) is 0. The van der Waals surface area contributed by atoms with Gasteiger partial charge in [-0.25, -0.2) is 0 Å². The van der Waals surface area contributed by atoms with Crippen LogP contribution in [0.1, 0.15) is 39.5 Å². The number of allylic oxidation sites excluding steroid dienone is 2. The molecule has 0 N–H and O–H groups in total. The summed E-state index contributed by atoms with van der Waals surface area (Å²) in [5.74, 6) is 0. The van der Waals surface area contributed by atoms with E-state index in [1.807, 2.05) is 0 Å². The van der Waals surface area contributed by atoms with Crippen molar-refractivity contribution in [2.45, 2.75) is 45.9 Å². The van der Waals surface area contributed by atoms with Gasteiger partial charge < -0.3 is 0 Å². The summed E-state index contributed by atoms with van der Waals surface area (Å²) in [5.41, 5.74) is 1.52. The highest BCUT2D eigenvalue weighted by molar-refractivity contribution is 6.08. The molecule has 0 nitrogen and oxygen atoms in total. The third-order valence-corrected chi connectivity index (χ3v) is 1.73. The highest BCUT2D eigenvalue weighted by Gasteiger charge is 1.92. The Hall–Kier alpha value is -0.195. The molecule has 0 spiro atoms. The fourth-order valence-corrected chi connectivity index (χ4v) is 1.00. The van der Waals surface area contributed by atoms with Gasteiger partial charge in [0.2, 0.25) is 0 Å². The van der Waals surface area contributed by atoms with E-state index in [9.17, 15) is 0 Å². The maximum absolute atomic E-state index is 5.44. The molecule has 0 saturated heterocycles. The van der Waals surface area contributed by atoms with Gasteiger partial charge in [-0.2, -0.15) is 0 Å². The normalized spacial score (nSPS) is 12.0. The standard InChI is InChI=1S/C9H17B/c1-3-5-6-9(4-2)7-8-10/h4H,3,5-8H2,1-2H3. The molecule has 0 aromatic rings. The molecule has 0 bridgehead atoms. The molecule has 1 heteroatoms. The first-order valence-corrected chi connectivity index (χ1v) is 4.19. The molecule has 0 unspecified atom stereocenters. The van der Waals surface area contributed by atoms with Gasteiger partial charge in [-0.05, 0) is 26.2 Å². The van der Waals surface area contributed by atoms with Gasteiger partial charge in [-0.3, -0.25) is 0 Å². The molecule has 0 fully saturated rings. The van der Waals surface area contributed by atoms with Crippen molar-refractivity contribution in [3.8, 4) is 0 Å². The van der Waals surface area contributed by atoms with Gasteiger partial charge in [0.15, 0.2) is 0 Å². The van der Waals surface area contributed by atoms with Crippen LogP contribution in [0.2, 0.25) is 6.32 Å². The second kappa shape index (κ2) is 6.92. The van der Waals surface area contributed by atoms with Gasteiger partial charge in [0.05, 0.1) is 7.85 Å². The van der Waals surface area contributed by atoms with E-state index in [0.717, 1.165) is 12.7 Å². The van der Waals surface area contributed by atoms with Crippen LogP contribution in [-0.4, -0.2) is 7.85 Å². The van der Waals surface area contributed by atoms with Crippen LogP contribution in [-0.2, 0) is 0 Å². The van der Waals surface area contributed by atoms with Crippen LogP contribution in [0.15, 0.2) is 11.6 Å². The van der Waals surface area contributed by atoms with Crippen molar-refractivity contribution in [1.82, 2.24) is 0 Å². The van der Waals surface area contributed by atoms with Gasteiger partial charge in [-0.1, -0.05) is 31.3 Å². The summed E-state index contributed by atoms with van der Waals surface area (Å²) in [4.78, 5) is 0. The molecule has 0 amide bonds. The van der Waals surface area contributed by atoms with E-state index in [4.69, 9.17) is 7.85 Å². The van der Waals surface area contributed by atoms with Crippen molar-refractivity contribution in [3.63, 3.8) is 0 Å². The van der Waals surface area contributed by atoms with Crippen molar-refractivity contribution in [2.24, 2.45) is 0 Å². The van der Waals surface area contributed by atoms with Crippen molar-refractivity contribution in [2.75, 3.05) is 0 Å². The van der Waals surface area contributed by atoms with E-state index in [-0.39, 0.29) is 0 Å². The average Bonchev–Trinajstić information content (AvgIpc) is 1.98. The van der Waals surface area contributed by atoms with Crippen molar-refractivity contribution in [3.05, 3.63) is 11.6 Å². The maximum Gasteiger partial charge on any atom is 0.0657 e. The van der Waals surface area contributed by atoms with E-state index in [0.29, 0.717) is 0 Å². The van der Waals surface area contributed by atoms with E-state index in [2.05, 4.69) is 19.9 Å². The lowest BCUT2D eigenvalue weighted by Crippen LogP contribution is -1.83. The molecular weight excluding hydrogens is 119 g/mol. The molecule has 0 aromatic carbocycles. The second-order valence-corrected chi connectivity index (χ2v) is 2.59. The summed E-state index contributed by atoms with van der Waals surface area (Å²) >= 11 is 0. The molecule has 0 aliphatic rings. The van der Waals surface area contributed by atoms with E-state index in [1.54, 1.807) is 0 Å². The number of rotatable bonds is 5. The van der Waals surface area contributed by atoms with Crippen LogP contribution in [0.3, 0.4) is 0 Å². The second-order valence-electron chi connectivity index (χ2n) is 2.59. The number of hydrogen-bond acceptors (Lipinski definition) is 0. The molecule has 0 rings (SSSR count). The SMILES string of the molecule is [B]CCC(=CC)CCCC. The summed E-state index contributed by atoms with van der Waals surface area (Å²) in [7, 11) is 5.44. The van der Waals surface area contributed by atoms with Crippen LogP contribution in [0, 0.1) is 0 Å². The molecule has 0 heterocycles. The van der Waals surface area contributed by atoms with Crippen LogP contribution in [0.25, 0.3) is 0 Å². The zero-order valence-corrected chi connectivity index (χ0v) is 7.19. The zero-order chi connectivity index (χ0) is 7.82. The first kappa shape index (κ1) is 9.80. The first-order valence-electron chi connectivity index (χ1n) is 4.19. The molecule has 2 radical (unpaired) electrons. The minimum absolute atomic E-state index is 0.795. The van der Waals surface area contributed by atoms with Gasteiger partial charge >= 0.3 is 0 Å². The minimum Gasteiger partial charge on any atom is -0.0885 e. The number of hydrogen-bond donors (Lipinski definition) is 0. The average molecular weight is 136 g/mol. The van der Waals surface area contributed by atoms with Crippen LogP contribution in [0.5, 0.6) is 0 Å². The van der Waals surface area contributed by atoms with Crippen LogP contribution >= 0.6 is 0 Å². The summed E-state index contributed by atoms with van der Waals surface area (Å²) < 4.78 is 0. The van der Waals surface area contributed by atoms with Gasteiger partial charge in [0.25, 0.3) is 0 Å². The fourth-order valence-electron chi connectivity index (χ4n) is 1.00. The lowest BCUT2D eigenvalue weighted by atomic mass is 9.94. The molecular formula is C9H17B.